The summed E-state index contributed by atoms with van der Waals surface area (Å²) in [6.07, 6.45) is 0. The van der Waals surface area contributed by atoms with E-state index in [-0.39, 0.29) is 11.5 Å². The zero-order valence-corrected chi connectivity index (χ0v) is 12.4. The molecule has 0 aliphatic rings. The van der Waals surface area contributed by atoms with Gasteiger partial charge in [0, 0.05) is 5.39 Å². The van der Waals surface area contributed by atoms with Crippen LogP contribution in [0.4, 0.5) is 0 Å². The summed E-state index contributed by atoms with van der Waals surface area (Å²) in [5, 5.41) is 5.08. The number of aromatic nitrogens is 3. The van der Waals surface area contributed by atoms with Crippen molar-refractivity contribution in [3.05, 3.63) is 42.3 Å². The number of nitrogens with two attached hydrogens (primary N) is 1. The lowest BCUT2D eigenvalue weighted by Crippen LogP contribution is -2.26. The highest BCUT2D eigenvalue weighted by Gasteiger charge is 2.27. The van der Waals surface area contributed by atoms with Crippen LogP contribution in [0.2, 0.25) is 0 Å². The molecule has 0 bridgehead atoms. The first-order chi connectivity index (χ1) is 9.95. The van der Waals surface area contributed by atoms with Crippen LogP contribution in [0.1, 0.15) is 32.7 Å². The first kappa shape index (κ1) is 13.7. The summed E-state index contributed by atoms with van der Waals surface area (Å²) in [6.45, 7) is 6.11. The van der Waals surface area contributed by atoms with Crippen molar-refractivity contribution in [2.24, 2.45) is 11.1 Å². The molecule has 1 atom stereocenters. The third-order valence-corrected chi connectivity index (χ3v) is 3.47. The maximum Gasteiger partial charge on any atom is 0.244 e. The average Bonchev–Trinajstić information content (AvgIpc) is 2.94. The third kappa shape index (κ3) is 2.64. The molecule has 0 aliphatic carbocycles. The molecule has 3 aromatic rings. The van der Waals surface area contributed by atoms with Crippen molar-refractivity contribution in [3.8, 4) is 11.5 Å². The standard InChI is InChI=1S/C16H18N4O/c1-16(2,3)13(17)15-19-14(20-21-15)12-9-8-10-6-4-5-7-11(10)18-12/h4-9,13H,17H2,1-3H3/t13-/m1/s1. The average molecular weight is 282 g/mol. The lowest BCUT2D eigenvalue weighted by atomic mass is 9.87. The second-order valence-corrected chi connectivity index (χ2v) is 6.19. The maximum absolute atomic E-state index is 6.14. The van der Waals surface area contributed by atoms with Crippen LogP contribution in [-0.2, 0) is 0 Å². The zero-order valence-electron chi connectivity index (χ0n) is 12.4. The van der Waals surface area contributed by atoms with Crippen LogP contribution in [0.15, 0.2) is 40.9 Å². The molecule has 3 rings (SSSR count). The Morgan fingerprint density at radius 3 is 2.57 bits per heavy atom. The minimum atomic E-state index is -0.306. The van der Waals surface area contributed by atoms with Gasteiger partial charge in [-0.1, -0.05) is 50.2 Å². The van der Waals surface area contributed by atoms with Crippen LogP contribution < -0.4 is 5.73 Å². The summed E-state index contributed by atoms with van der Waals surface area (Å²) in [7, 11) is 0. The Morgan fingerprint density at radius 1 is 1.05 bits per heavy atom. The molecule has 108 valence electrons. The predicted molar refractivity (Wildman–Crippen MR) is 81.4 cm³/mol. The van der Waals surface area contributed by atoms with Crippen molar-refractivity contribution in [2.45, 2.75) is 26.8 Å². The van der Waals surface area contributed by atoms with Crippen molar-refractivity contribution >= 4 is 10.9 Å². The van der Waals surface area contributed by atoms with Gasteiger partial charge in [0.15, 0.2) is 0 Å². The van der Waals surface area contributed by atoms with Crippen molar-refractivity contribution in [3.63, 3.8) is 0 Å². The smallest absolute Gasteiger partial charge is 0.244 e. The van der Waals surface area contributed by atoms with Gasteiger partial charge in [-0.2, -0.15) is 4.98 Å². The van der Waals surface area contributed by atoms with E-state index in [1.165, 1.54) is 0 Å². The number of fused-ring (bicyclic) bond motifs is 1. The van der Waals surface area contributed by atoms with E-state index in [0.29, 0.717) is 17.4 Å². The Hall–Kier alpha value is -2.27. The highest BCUT2D eigenvalue weighted by atomic mass is 16.5. The molecule has 2 aromatic heterocycles. The molecule has 0 saturated carbocycles. The molecular formula is C16H18N4O. The fourth-order valence-electron chi connectivity index (χ4n) is 2.03. The van der Waals surface area contributed by atoms with Crippen LogP contribution in [-0.4, -0.2) is 15.1 Å². The minimum Gasteiger partial charge on any atom is -0.337 e. The van der Waals surface area contributed by atoms with Gasteiger partial charge in [0.05, 0.1) is 11.6 Å². The molecule has 21 heavy (non-hydrogen) atoms. The number of pyridine rings is 1. The van der Waals surface area contributed by atoms with Gasteiger partial charge >= 0.3 is 0 Å². The van der Waals surface area contributed by atoms with E-state index in [0.717, 1.165) is 10.9 Å². The van der Waals surface area contributed by atoms with Gasteiger partial charge in [0.25, 0.3) is 0 Å². The number of para-hydroxylation sites is 1. The SMILES string of the molecule is CC(C)(C)[C@H](N)c1nc(-c2ccc3ccccc3n2)no1. The van der Waals surface area contributed by atoms with Crippen LogP contribution in [0, 0.1) is 5.41 Å². The largest absolute Gasteiger partial charge is 0.337 e. The Balaban J connectivity index is 1.98. The molecule has 1 aromatic carbocycles. The van der Waals surface area contributed by atoms with Gasteiger partial charge in [-0.05, 0) is 17.5 Å². The lowest BCUT2D eigenvalue weighted by Gasteiger charge is -2.23. The predicted octanol–water partition coefficient (Wildman–Crippen LogP) is 3.33. The first-order valence-electron chi connectivity index (χ1n) is 6.90. The Kier molecular flexibility index (Phi) is 3.22. The van der Waals surface area contributed by atoms with Gasteiger partial charge in [-0.25, -0.2) is 4.98 Å². The molecule has 2 N–H and O–H groups in total. The third-order valence-electron chi connectivity index (χ3n) is 3.47. The number of rotatable bonds is 2. The summed E-state index contributed by atoms with van der Waals surface area (Å²) >= 11 is 0. The van der Waals surface area contributed by atoms with Gasteiger partial charge in [-0.15, -0.1) is 0 Å². The number of nitrogens with zero attached hydrogens (tertiary/aromatic N) is 3. The number of benzene rings is 1. The topological polar surface area (TPSA) is 77.8 Å². The number of hydrogen-bond donors (Lipinski definition) is 1. The maximum atomic E-state index is 6.14. The van der Waals surface area contributed by atoms with E-state index in [4.69, 9.17) is 10.3 Å². The molecular weight excluding hydrogens is 264 g/mol. The normalized spacial score (nSPS) is 13.5. The molecule has 0 amide bonds. The highest BCUT2D eigenvalue weighted by Crippen LogP contribution is 2.30. The van der Waals surface area contributed by atoms with Crippen LogP contribution >= 0.6 is 0 Å². The first-order valence-corrected chi connectivity index (χ1v) is 6.90. The van der Waals surface area contributed by atoms with Crippen molar-refractivity contribution in [1.29, 1.82) is 0 Å². The Bertz CT molecular complexity index is 773. The van der Waals surface area contributed by atoms with E-state index < -0.39 is 0 Å². The van der Waals surface area contributed by atoms with E-state index in [2.05, 4.69) is 15.1 Å². The van der Waals surface area contributed by atoms with Crippen LogP contribution in [0.25, 0.3) is 22.4 Å². The highest BCUT2D eigenvalue weighted by molar-refractivity contribution is 5.80. The van der Waals surface area contributed by atoms with E-state index in [9.17, 15) is 0 Å². The molecule has 0 unspecified atom stereocenters. The zero-order chi connectivity index (χ0) is 15.0. The summed E-state index contributed by atoms with van der Waals surface area (Å²) in [5.41, 5.74) is 7.59. The summed E-state index contributed by atoms with van der Waals surface area (Å²) in [4.78, 5) is 8.94. The Morgan fingerprint density at radius 2 is 1.81 bits per heavy atom. The monoisotopic (exact) mass is 282 g/mol. The van der Waals surface area contributed by atoms with Crippen molar-refractivity contribution in [2.75, 3.05) is 0 Å². The van der Waals surface area contributed by atoms with Gasteiger partial charge in [0.1, 0.15) is 5.69 Å². The quantitative estimate of drug-likeness (QED) is 0.780. The van der Waals surface area contributed by atoms with Crippen molar-refractivity contribution in [1.82, 2.24) is 15.1 Å². The second kappa shape index (κ2) is 4.93. The molecule has 0 aliphatic heterocycles. The summed E-state index contributed by atoms with van der Waals surface area (Å²) < 4.78 is 5.29. The number of hydrogen-bond acceptors (Lipinski definition) is 5. The summed E-state index contributed by atoms with van der Waals surface area (Å²) in [6, 6.07) is 11.5. The fraction of sp³-hybridized carbons (Fsp3) is 0.312. The molecule has 0 spiro atoms. The fourth-order valence-corrected chi connectivity index (χ4v) is 2.03. The molecule has 2 heterocycles. The summed E-state index contributed by atoms with van der Waals surface area (Å²) in [5.74, 6) is 0.905. The minimum absolute atomic E-state index is 0.138. The second-order valence-electron chi connectivity index (χ2n) is 6.19. The molecule has 0 radical (unpaired) electrons. The molecule has 5 nitrogen and oxygen atoms in total. The molecule has 5 heteroatoms. The van der Waals surface area contributed by atoms with Crippen LogP contribution in [0.5, 0.6) is 0 Å². The molecule has 0 saturated heterocycles. The van der Waals surface area contributed by atoms with E-state index in [1.807, 2.05) is 57.2 Å². The van der Waals surface area contributed by atoms with Crippen LogP contribution in [0.3, 0.4) is 0 Å². The van der Waals surface area contributed by atoms with Gasteiger partial charge < -0.3 is 10.3 Å². The van der Waals surface area contributed by atoms with Gasteiger partial charge in [-0.3, -0.25) is 0 Å². The van der Waals surface area contributed by atoms with Crippen molar-refractivity contribution < 1.29 is 4.52 Å². The molecule has 0 fully saturated rings. The van der Waals surface area contributed by atoms with E-state index >= 15 is 0 Å². The lowest BCUT2D eigenvalue weighted by molar-refractivity contribution is 0.253. The Labute approximate surface area is 123 Å². The van der Waals surface area contributed by atoms with E-state index in [1.54, 1.807) is 0 Å². The van der Waals surface area contributed by atoms with Gasteiger partial charge in [0.2, 0.25) is 11.7 Å².